The van der Waals surface area contributed by atoms with E-state index in [2.05, 4.69) is 0 Å². The third-order valence-electron chi connectivity index (χ3n) is 3.75. The Morgan fingerprint density at radius 1 is 1.14 bits per heavy atom. The highest BCUT2D eigenvalue weighted by Gasteiger charge is 2.24. The van der Waals surface area contributed by atoms with Crippen LogP contribution < -0.4 is 5.73 Å². The van der Waals surface area contributed by atoms with Crippen molar-refractivity contribution in [3.8, 4) is 0 Å². The molecule has 2 rings (SSSR count). The molecule has 122 valence electrons. The van der Waals surface area contributed by atoms with Crippen LogP contribution in [0.3, 0.4) is 0 Å². The number of rotatable bonds is 2. The second-order valence-corrected chi connectivity index (χ2v) is 5.63. The maximum Gasteiger partial charge on any atom is 0.253 e. The van der Waals surface area contributed by atoms with Gasteiger partial charge in [0.25, 0.3) is 5.91 Å². The molecule has 0 aliphatic carbocycles. The summed E-state index contributed by atoms with van der Waals surface area (Å²) in [6.45, 7) is 6.13. The van der Waals surface area contributed by atoms with Crippen LogP contribution in [0.15, 0.2) is 24.3 Å². The normalized spacial score (nSPS) is 16.5. The van der Waals surface area contributed by atoms with Crippen molar-refractivity contribution in [3.63, 3.8) is 0 Å². The van der Waals surface area contributed by atoms with Crippen molar-refractivity contribution in [2.24, 2.45) is 5.73 Å². The number of hydrogen-bond acceptors (Lipinski definition) is 3. The van der Waals surface area contributed by atoms with Crippen LogP contribution in [0.25, 0.3) is 0 Å². The summed E-state index contributed by atoms with van der Waals surface area (Å²) < 4.78 is 0. The Balaban J connectivity index is 0.00000242. The number of carbonyl (C=O) groups is 2. The lowest BCUT2D eigenvalue weighted by molar-refractivity contribution is -0.132. The highest BCUT2D eigenvalue weighted by molar-refractivity contribution is 5.94. The molecule has 0 saturated carbocycles. The van der Waals surface area contributed by atoms with Gasteiger partial charge in [-0.15, -0.1) is 12.4 Å². The summed E-state index contributed by atoms with van der Waals surface area (Å²) in [6.07, 6.45) is 0.788. The molecule has 0 radical (unpaired) electrons. The highest BCUT2D eigenvalue weighted by Crippen LogP contribution is 2.11. The first-order valence-electron chi connectivity index (χ1n) is 7.39. The van der Waals surface area contributed by atoms with E-state index in [-0.39, 0.29) is 24.2 Å². The zero-order valence-electron chi connectivity index (χ0n) is 13.1. The third-order valence-corrected chi connectivity index (χ3v) is 3.75. The first-order chi connectivity index (χ1) is 9.99. The largest absolute Gasteiger partial charge is 0.340 e. The van der Waals surface area contributed by atoms with Crippen LogP contribution in [0, 0.1) is 6.92 Å². The summed E-state index contributed by atoms with van der Waals surface area (Å²) in [6, 6.07) is 7.13. The van der Waals surface area contributed by atoms with Gasteiger partial charge in [0.05, 0.1) is 6.04 Å². The van der Waals surface area contributed by atoms with Crippen molar-refractivity contribution in [1.82, 2.24) is 9.80 Å². The molecular formula is C16H24ClN3O2. The van der Waals surface area contributed by atoms with Crippen LogP contribution in [0.1, 0.15) is 29.3 Å². The van der Waals surface area contributed by atoms with Gasteiger partial charge in [-0.2, -0.15) is 0 Å². The molecule has 1 atom stereocenters. The molecular weight excluding hydrogens is 302 g/mol. The lowest BCUT2D eigenvalue weighted by Crippen LogP contribution is -2.44. The molecule has 1 heterocycles. The SMILES string of the molecule is Cc1cccc(C(=O)N2CCCN(C(=O)[C@@H](C)N)CC2)c1.Cl. The Morgan fingerprint density at radius 3 is 2.41 bits per heavy atom. The van der Waals surface area contributed by atoms with E-state index < -0.39 is 6.04 Å². The predicted molar refractivity (Wildman–Crippen MR) is 89.2 cm³/mol. The topological polar surface area (TPSA) is 66.6 Å². The molecule has 5 nitrogen and oxygen atoms in total. The molecule has 1 saturated heterocycles. The summed E-state index contributed by atoms with van der Waals surface area (Å²) in [5.41, 5.74) is 7.43. The quantitative estimate of drug-likeness (QED) is 0.894. The van der Waals surface area contributed by atoms with Crippen molar-refractivity contribution in [1.29, 1.82) is 0 Å². The van der Waals surface area contributed by atoms with Gasteiger partial charge in [0, 0.05) is 31.7 Å². The molecule has 2 N–H and O–H groups in total. The number of halogens is 1. The van der Waals surface area contributed by atoms with Gasteiger partial charge in [-0.3, -0.25) is 9.59 Å². The van der Waals surface area contributed by atoms with Gasteiger partial charge in [-0.1, -0.05) is 17.7 Å². The number of benzene rings is 1. The summed E-state index contributed by atoms with van der Waals surface area (Å²) in [5, 5.41) is 0. The van der Waals surface area contributed by atoms with Gasteiger partial charge in [-0.25, -0.2) is 0 Å². The number of nitrogens with zero attached hydrogens (tertiary/aromatic N) is 2. The number of aryl methyl sites for hydroxylation is 1. The standard InChI is InChI=1S/C16H23N3O2.ClH/c1-12-5-3-6-14(11-12)16(21)19-8-4-7-18(9-10-19)15(20)13(2)17;/h3,5-6,11,13H,4,7-10,17H2,1-2H3;1H/t13-;/m1./s1. The lowest BCUT2D eigenvalue weighted by atomic mass is 10.1. The fourth-order valence-corrected chi connectivity index (χ4v) is 2.59. The van der Waals surface area contributed by atoms with Gasteiger partial charge in [0.15, 0.2) is 0 Å². The van der Waals surface area contributed by atoms with Crippen molar-refractivity contribution in [2.45, 2.75) is 26.3 Å². The summed E-state index contributed by atoms with van der Waals surface area (Å²) in [7, 11) is 0. The third kappa shape index (κ3) is 4.45. The summed E-state index contributed by atoms with van der Waals surface area (Å²) in [5.74, 6) is -0.00588. The molecule has 1 aliphatic heterocycles. The molecule has 1 fully saturated rings. The molecule has 22 heavy (non-hydrogen) atoms. The van der Waals surface area contributed by atoms with Gasteiger partial charge in [0.2, 0.25) is 5.91 Å². The Bertz CT molecular complexity index is 534. The highest BCUT2D eigenvalue weighted by atomic mass is 35.5. The molecule has 6 heteroatoms. The van der Waals surface area contributed by atoms with E-state index in [0.29, 0.717) is 31.7 Å². The van der Waals surface area contributed by atoms with Gasteiger partial charge < -0.3 is 15.5 Å². The number of hydrogen-bond donors (Lipinski definition) is 1. The molecule has 2 amide bonds. The molecule has 0 aromatic heterocycles. The zero-order valence-corrected chi connectivity index (χ0v) is 13.9. The smallest absolute Gasteiger partial charge is 0.253 e. The monoisotopic (exact) mass is 325 g/mol. The van der Waals surface area contributed by atoms with Gasteiger partial charge in [-0.05, 0) is 32.4 Å². The number of carbonyl (C=O) groups excluding carboxylic acids is 2. The molecule has 1 aromatic rings. The van der Waals surface area contributed by atoms with Crippen molar-refractivity contribution in [2.75, 3.05) is 26.2 Å². The van der Waals surface area contributed by atoms with Gasteiger partial charge in [0.1, 0.15) is 0 Å². The lowest BCUT2D eigenvalue weighted by Gasteiger charge is -2.23. The van der Waals surface area contributed by atoms with Crippen LogP contribution >= 0.6 is 12.4 Å². The summed E-state index contributed by atoms with van der Waals surface area (Å²) >= 11 is 0. The van der Waals surface area contributed by atoms with Crippen molar-refractivity contribution >= 4 is 24.2 Å². The number of nitrogens with two attached hydrogens (primary N) is 1. The predicted octanol–water partition coefficient (Wildman–Crippen LogP) is 1.44. The van der Waals surface area contributed by atoms with Crippen molar-refractivity contribution in [3.05, 3.63) is 35.4 Å². The van der Waals surface area contributed by atoms with E-state index in [4.69, 9.17) is 5.73 Å². The van der Waals surface area contributed by atoms with Crippen LogP contribution in [0.4, 0.5) is 0 Å². The molecule has 1 aliphatic rings. The number of amides is 2. The molecule has 0 unspecified atom stereocenters. The fourth-order valence-electron chi connectivity index (χ4n) is 2.59. The molecule has 1 aromatic carbocycles. The second kappa shape index (κ2) is 8.15. The van der Waals surface area contributed by atoms with E-state index in [1.807, 2.05) is 36.1 Å². The Morgan fingerprint density at radius 2 is 1.77 bits per heavy atom. The molecule has 0 spiro atoms. The minimum absolute atomic E-state index is 0. The Hall–Kier alpha value is -1.59. The fraction of sp³-hybridized carbons (Fsp3) is 0.500. The van der Waals surface area contributed by atoms with E-state index in [9.17, 15) is 9.59 Å². The average molecular weight is 326 g/mol. The first-order valence-corrected chi connectivity index (χ1v) is 7.39. The van der Waals surface area contributed by atoms with Crippen LogP contribution in [-0.2, 0) is 4.79 Å². The van der Waals surface area contributed by atoms with Gasteiger partial charge >= 0.3 is 0 Å². The van der Waals surface area contributed by atoms with E-state index >= 15 is 0 Å². The van der Waals surface area contributed by atoms with Crippen LogP contribution in [-0.4, -0.2) is 53.8 Å². The summed E-state index contributed by atoms with van der Waals surface area (Å²) in [4.78, 5) is 28.0. The maximum absolute atomic E-state index is 12.5. The average Bonchev–Trinajstić information content (AvgIpc) is 2.71. The first kappa shape index (κ1) is 18.5. The zero-order chi connectivity index (χ0) is 15.4. The minimum atomic E-state index is -0.482. The van der Waals surface area contributed by atoms with E-state index in [1.54, 1.807) is 11.8 Å². The van der Waals surface area contributed by atoms with Crippen molar-refractivity contribution < 1.29 is 9.59 Å². The minimum Gasteiger partial charge on any atom is -0.340 e. The molecule has 0 bridgehead atoms. The maximum atomic E-state index is 12.5. The van der Waals surface area contributed by atoms with Crippen LogP contribution in [0.2, 0.25) is 0 Å². The van der Waals surface area contributed by atoms with E-state index in [0.717, 1.165) is 12.0 Å². The second-order valence-electron chi connectivity index (χ2n) is 5.63. The van der Waals surface area contributed by atoms with E-state index in [1.165, 1.54) is 0 Å². The van der Waals surface area contributed by atoms with Crippen LogP contribution in [0.5, 0.6) is 0 Å². The Kier molecular flexibility index (Phi) is 6.84. The Labute approximate surface area is 137 Å².